The van der Waals surface area contributed by atoms with Gasteiger partial charge in [0, 0.05) is 16.6 Å². The summed E-state index contributed by atoms with van der Waals surface area (Å²) in [6.07, 6.45) is 6.60. The Labute approximate surface area is 127 Å². The van der Waals surface area contributed by atoms with Gasteiger partial charge >= 0.3 is 0 Å². The predicted molar refractivity (Wildman–Crippen MR) is 85.5 cm³/mol. The van der Waals surface area contributed by atoms with Crippen LogP contribution in [0.1, 0.15) is 50.6 Å². The first kappa shape index (κ1) is 15.7. The first-order valence-electron chi connectivity index (χ1n) is 7.70. The molecular formula is C17H26ClNO. The van der Waals surface area contributed by atoms with Crippen molar-refractivity contribution >= 4 is 11.6 Å². The molecule has 1 aliphatic rings. The highest BCUT2D eigenvalue weighted by molar-refractivity contribution is 6.30. The number of nitrogens with one attached hydrogen (secondary N) is 1. The zero-order chi connectivity index (χ0) is 14.5. The molecular weight excluding hydrogens is 270 g/mol. The molecule has 0 radical (unpaired) electrons. The van der Waals surface area contributed by atoms with Gasteiger partial charge in [-0.3, -0.25) is 0 Å². The van der Waals surface area contributed by atoms with Crippen molar-refractivity contribution in [3.8, 4) is 5.75 Å². The molecule has 20 heavy (non-hydrogen) atoms. The molecule has 0 aromatic heterocycles. The number of ether oxygens (including phenoxy) is 1. The van der Waals surface area contributed by atoms with Crippen LogP contribution in [0.2, 0.25) is 5.02 Å². The van der Waals surface area contributed by atoms with E-state index in [1.165, 1.54) is 37.7 Å². The number of halogens is 1. The summed E-state index contributed by atoms with van der Waals surface area (Å²) in [6.45, 7) is 2.31. The lowest BCUT2D eigenvalue weighted by Gasteiger charge is -2.34. The normalized spacial score (nSPS) is 24.4. The van der Waals surface area contributed by atoms with Gasteiger partial charge in [-0.25, -0.2) is 0 Å². The summed E-state index contributed by atoms with van der Waals surface area (Å²) in [6, 6.07) is 6.25. The van der Waals surface area contributed by atoms with E-state index in [0.717, 1.165) is 16.7 Å². The first-order valence-corrected chi connectivity index (χ1v) is 8.08. The molecule has 2 nitrogen and oxygen atoms in total. The lowest BCUT2D eigenvalue weighted by molar-refractivity contribution is 0.221. The summed E-state index contributed by atoms with van der Waals surface area (Å²) in [5.41, 5.74) is 1.20. The van der Waals surface area contributed by atoms with Crippen LogP contribution in [0.25, 0.3) is 0 Å². The molecule has 112 valence electrons. The van der Waals surface area contributed by atoms with Crippen molar-refractivity contribution in [2.75, 3.05) is 14.2 Å². The van der Waals surface area contributed by atoms with Crippen LogP contribution >= 0.6 is 11.6 Å². The minimum Gasteiger partial charge on any atom is -0.496 e. The van der Waals surface area contributed by atoms with Crippen molar-refractivity contribution in [2.24, 2.45) is 11.8 Å². The Balaban J connectivity index is 2.18. The molecule has 1 aromatic carbocycles. The average molecular weight is 296 g/mol. The number of hydrogen-bond donors (Lipinski definition) is 1. The van der Waals surface area contributed by atoms with Gasteiger partial charge in [0.15, 0.2) is 0 Å². The van der Waals surface area contributed by atoms with Crippen molar-refractivity contribution < 1.29 is 4.74 Å². The Bertz CT molecular complexity index is 427. The van der Waals surface area contributed by atoms with Gasteiger partial charge in [0.25, 0.3) is 0 Å². The molecule has 0 spiro atoms. The van der Waals surface area contributed by atoms with Crippen molar-refractivity contribution in [3.63, 3.8) is 0 Å². The zero-order valence-corrected chi connectivity index (χ0v) is 13.5. The lowest BCUT2D eigenvalue weighted by Crippen LogP contribution is -2.29. The van der Waals surface area contributed by atoms with Gasteiger partial charge in [-0.1, -0.05) is 37.8 Å². The van der Waals surface area contributed by atoms with Gasteiger partial charge in [0.2, 0.25) is 0 Å². The molecule has 0 saturated heterocycles. The fourth-order valence-electron chi connectivity index (χ4n) is 3.52. The number of benzene rings is 1. The average Bonchev–Trinajstić information content (AvgIpc) is 2.49. The summed E-state index contributed by atoms with van der Waals surface area (Å²) in [4.78, 5) is 0. The largest absolute Gasteiger partial charge is 0.496 e. The third-order valence-electron chi connectivity index (χ3n) is 4.78. The van der Waals surface area contributed by atoms with Crippen LogP contribution < -0.4 is 10.1 Å². The maximum absolute atomic E-state index is 6.18. The van der Waals surface area contributed by atoms with E-state index in [1.807, 2.05) is 25.2 Å². The highest BCUT2D eigenvalue weighted by atomic mass is 35.5. The highest BCUT2D eigenvalue weighted by Crippen LogP contribution is 2.40. The van der Waals surface area contributed by atoms with E-state index in [9.17, 15) is 0 Å². The van der Waals surface area contributed by atoms with E-state index in [4.69, 9.17) is 16.3 Å². The number of methoxy groups -OCH3 is 1. The van der Waals surface area contributed by atoms with Gasteiger partial charge in [-0.05, 0) is 49.9 Å². The van der Waals surface area contributed by atoms with E-state index in [-0.39, 0.29) is 0 Å². The molecule has 0 aliphatic heterocycles. The van der Waals surface area contributed by atoms with Crippen LogP contribution in [-0.4, -0.2) is 14.2 Å². The van der Waals surface area contributed by atoms with Crippen LogP contribution in [0.5, 0.6) is 5.75 Å². The van der Waals surface area contributed by atoms with Crippen molar-refractivity contribution in [3.05, 3.63) is 28.8 Å². The van der Waals surface area contributed by atoms with Crippen LogP contribution in [0, 0.1) is 11.8 Å². The van der Waals surface area contributed by atoms with Crippen LogP contribution in [0.4, 0.5) is 0 Å². The minimum absolute atomic E-state index is 0.335. The van der Waals surface area contributed by atoms with Gasteiger partial charge in [0.1, 0.15) is 5.75 Å². The maximum Gasteiger partial charge on any atom is 0.123 e. The standard InChI is InChI=1S/C17H26ClNO/c1-4-12-5-7-13(8-6-12)17(19-2)15-11-14(18)9-10-16(15)20-3/h9-13,17,19H,4-8H2,1-3H3. The fraction of sp³-hybridized carbons (Fsp3) is 0.647. The van der Waals surface area contributed by atoms with E-state index in [0.29, 0.717) is 12.0 Å². The lowest BCUT2D eigenvalue weighted by atomic mass is 9.76. The molecule has 1 saturated carbocycles. The minimum atomic E-state index is 0.335. The van der Waals surface area contributed by atoms with E-state index >= 15 is 0 Å². The second-order valence-corrected chi connectivity index (χ2v) is 6.28. The quantitative estimate of drug-likeness (QED) is 0.840. The van der Waals surface area contributed by atoms with E-state index < -0.39 is 0 Å². The van der Waals surface area contributed by atoms with Crippen LogP contribution in [-0.2, 0) is 0 Å². The predicted octanol–water partition coefficient (Wildman–Crippen LogP) is 4.83. The van der Waals surface area contributed by atoms with Crippen molar-refractivity contribution in [2.45, 2.75) is 45.1 Å². The smallest absolute Gasteiger partial charge is 0.123 e. The highest BCUT2D eigenvalue weighted by Gasteiger charge is 2.28. The molecule has 1 unspecified atom stereocenters. The topological polar surface area (TPSA) is 21.3 Å². The van der Waals surface area contributed by atoms with Crippen LogP contribution in [0.15, 0.2) is 18.2 Å². The molecule has 1 aliphatic carbocycles. The zero-order valence-electron chi connectivity index (χ0n) is 12.8. The molecule has 1 fully saturated rings. The molecule has 1 aromatic rings. The van der Waals surface area contributed by atoms with E-state index in [2.05, 4.69) is 12.2 Å². The third kappa shape index (κ3) is 3.48. The Morgan fingerprint density at radius 1 is 1.30 bits per heavy atom. The van der Waals surface area contributed by atoms with Gasteiger partial charge in [-0.2, -0.15) is 0 Å². The molecule has 3 heteroatoms. The van der Waals surface area contributed by atoms with E-state index in [1.54, 1.807) is 7.11 Å². The molecule has 1 atom stereocenters. The van der Waals surface area contributed by atoms with Gasteiger partial charge < -0.3 is 10.1 Å². The Morgan fingerprint density at radius 3 is 2.55 bits per heavy atom. The first-order chi connectivity index (χ1) is 9.69. The van der Waals surface area contributed by atoms with Gasteiger partial charge in [-0.15, -0.1) is 0 Å². The summed E-state index contributed by atoms with van der Waals surface area (Å²) in [7, 11) is 3.77. The summed E-state index contributed by atoms with van der Waals surface area (Å²) >= 11 is 6.18. The summed E-state index contributed by atoms with van der Waals surface area (Å²) in [5, 5.41) is 4.27. The Morgan fingerprint density at radius 2 is 2.00 bits per heavy atom. The number of hydrogen-bond acceptors (Lipinski definition) is 2. The maximum atomic E-state index is 6.18. The second-order valence-electron chi connectivity index (χ2n) is 5.84. The summed E-state index contributed by atoms with van der Waals surface area (Å²) in [5.74, 6) is 2.53. The Kier molecular flexibility index (Phi) is 5.74. The van der Waals surface area contributed by atoms with Crippen molar-refractivity contribution in [1.82, 2.24) is 5.32 Å². The summed E-state index contributed by atoms with van der Waals surface area (Å²) < 4.78 is 5.52. The third-order valence-corrected chi connectivity index (χ3v) is 5.01. The molecule has 0 bridgehead atoms. The SMILES string of the molecule is CCC1CCC(C(NC)c2cc(Cl)ccc2OC)CC1. The van der Waals surface area contributed by atoms with Crippen molar-refractivity contribution in [1.29, 1.82) is 0 Å². The van der Waals surface area contributed by atoms with Crippen LogP contribution in [0.3, 0.4) is 0 Å². The second kappa shape index (κ2) is 7.33. The number of rotatable bonds is 5. The molecule has 2 rings (SSSR count). The Hall–Kier alpha value is -0.730. The van der Waals surface area contributed by atoms with Gasteiger partial charge in [0.05, 0.1) is 7.11 Å². The molecule has 0 amide bonds. The monoisotopic (exact) mass is 295 g/mol. The molecule has 0 heterocycles. The fourth-order valence-corrected chi connectivity index (χ4v) is 3.70. The molecule has 1 N–H and O–H groups in total.